The van der Waals surface area contributed by atoms with Crippen LogP contribution < -0.4 is 10.6 Å². The zero-order valence-corrected chi connectivity index (χ0v) is 16.0. The summed E-state index contributed by atoms with van der Waals surface area (Å²) in [6.07, 6.45) is 3.31. The predicted molar refractivity (Wildman–Crippen MR) is 101 cm³/mol. The number of aromatic nitrogens is 1. The summed E-state index contributed by atoms with van der Waals surface area (Å²) in [4.78, 5) is 12.6. The predicted octanol–water partition coefficient (Wildman–Crippen LogP) is 1.58. The number of unbranched alkanes of at least 4 members (excludes halogenated alkanes) is 1. The molecule has 7 heteroatoms. The number of hydrogen-bond donors (Lipinski definition) is 2. The fraction of sp³-hybridized carbons (Fsp3) is 0.765. The summed E-state index contributed by atoms with van der Waals surface area (Å²) in [5, 5.41) is 7.95. The molecule has 136 valence electrons. The van der Waals surface area contributed by atoms with Crippen molar-refractivity contribution in [3.05, 3.63) is 15.6 Å². The number of morpholine rings is 1. The number of nitrogens with one attached hydrogen (secondary N) is 2. The highest BCUT2D eigenvalue weighted by Crippen LogP contribution is 2.16. The van der Waals surface area contributed by atoms with Gasteiger partial charge < -0.3 is 15.4 Å². The van der Waals surface area contributed by atoms with Crippen LogP contribution in [0.3, 0.4) is 0 Å². The van der Waals surface area contributed by atoms with Crippen LogP contribution in [0.2, 0.25) is 0 Å². The van der Waals surface area contributed by atoms with Crippen LogP contribution in [0.1, 0.15) is 28.4 Å². The maximum Gasteiger partial charge on any atom is 0.190 e. The molecular weight excluding hydrogens is 322 g/mol. The molecule has 0 atom stereocenters. The molecule has 1 aliphatic heterocycles. The monoisotopic (exact) mass is 353 g/mol. The highest BCUT2D eigenvalue weighted by Gasteiger charge is 2.09. The van der Waals surface area contributed by atoms with E-state index in [1.165, 1.54) is 22.9 Å². The van der Waals surface area contributed by atoms with Crippen molar-refractivity contribution < 1.29 is 4.74 Å². The van der Waals surface area contributed by atoms with Crippen LogP contribution in [0.25, 0.3) is 0 Å². The Labute approximate surface area is 149 Å². The van der Waals surface area contributed by atoms with Crippen molar-refractivity contribution >= 4 is 17.3 Å². The first kappa shape index (κ1) is 19.1. The van der Waals surface area contributed by atoms with Gasteiger partial charge >= 0.3 is 0 Å². The SMILES string of the molecule is CN=C(NCCCCN1CCOCC1)NCCc1nc(C)c(C)s1. The maximum absolute atomic E-state index is 5.37. The number of hydrogen-bond acceptors (Lipinski definition) is 5. The van der Waals surface area contributed by atoms with Gasteiger partial charge in [0.15, 0.2) is 5.96 Å². The van der Waals surface area contributed by atoms with Crippen LogP contribution in [-0.2, 0) is 11.2 Å². The Bertz CT molecular complexity index is 492. The number of aryl methyl sites for hydroxylation is 2. The smallest absolute Gasteiger partial charge is 0.190 e. The van der Waals surface area contributed by atoms with E-state index in [1.54, 1.807) is 11.3 Å². The van der Waals surface area contributed by atoms with E-state index in [0.29, 0.717) is 0 Å². The maximum atomic E-state index is 5.37. The van der Waals surface area contributed by atoms with Gasteiger partial charge in [0.25, 0.3) is 0 Å². The molecule has 0 aromatic carbocycles. The van der Waals surface area contributed by atoms with E-state index in [-0.39, 0.29) is 0 Å². The fourth-order valence-corrected chi connectivity index (χ4v) is 3.58. The van der Waals surface area contributed by atoms with Gasteiger partial charge in [0.05, 0.1) is 23.9 Å². The minimum absolute atomic E-state index is 0.861. The van der Waals surface area contributed by atoms with E-state index < -0.39 is 0 Å². The molecule has 0 spiro atoms. The molecule has 6 nitrogen and oxygen atoms in total. The van der Waals surface area contributed by atoms with Gasteiger partial charge in [-0.05, 0) is 33.2 Å². The molecule has 2 rings (SSSR count). The summed E-state index contributed by atoms with van der Waals surface area (Å²) < 4.78 is 5.37. The Morgan fingerprint density at radius 1 is 1.21 bits per heavy atom. The third-order valence-corrected chi connectivity index (χ3v) is 5.36. The Hall–Kier alpha value is -1.18. The molecule has 24 heavy (non-hydrogen) atoms. The molecule has 1 aliphatic rings. The first-order valence-corrected chi connectivity index (χ1v) is 9.68. The van der Waals surface area contributed by atoms with Crippen molar-refractivity contribution in [2.75, 3.05) is 53.0 Å². The highest BCUT2D eigenvalue weighted by atomic mass is 32.1. The van der Waals surface area contributed by atoms with Gasteiger partial charge in [-0.25, -0.2) is 4.98 Å². The van der Waals surface area contributed by atoms with E-state index >= 15 is 0 Å². The fourth-order valence-electron chi connectivity index (χ4n) is 2.65. The van der Waals surface area contributed by atoms with Crippen LogP contribution in [0.15, 0.2) is 4.99 Å². The number of thiazole rings is 1. The van der Waals surface area contributed by atoms with Gasteiger partial charge in [0.1, 0.15) is 0 Å². The third-order valence-electron chi connectivity index (χ3n) is 4.23. The molecule has 1 fully saturated rings. The van der Waals surface area contributed by atoms with Crippen LogP contribution in [0.5, 0.6) is 0 Å². The molecular formula is C17H31N5OS. The number of nitrogens with zero attached hydrogens (tertiary/aromatic N) is 3. The van der Waals surface area contributed by atoms with Crippen LogP contribution in [-0.4, -0.2) is 68.8 Å². The van der Waals surface area contributed by atoms with Gasteiger partial charge in [-0.15, -0.1) is 11.3 Å². The summed E-state index contributed by atoms with van der Waals surface area (Å²) in [7, 11) is 1.82. The summed E-state index contributed by atoms with van der Waals surface area (Å²) in [5.41, 5.74) is 1.15. The quantitative estimate of drug-likeness (QED) is 0.422. The number of aliphatic imine (C=N–C) groups is 1. The Kier molecular flexibility index (Phi) is 8.49. The topological polar surface area (TPSA) is 61.8 Å². The Morgan fingerprint density at radius 2 is 1.96 bits per heavy atom. The summed E-state index contributed by atoms with van der Waals surface area (Å²) in [5.74, 6) is 0.881. The largest absolute Gasteiger partial charge is 0.379 e. The lowest BCUT2D eigenvalue weighted by Gasteiger charge is -2.26. The van der Waals surface area contributed by atoms with Crippen molar-refractivity contribution in [1.82, 2.24) is 20.5 Å². The summed E-state index contributed by atoms with van der Waals surface area (Å²) in [6, 6.07) is 0. The van der Waals surface area contributed by atoms with E-state index in [4.69, 9.17) is 4.74 Å². The minimum atomic E-state index is 0.861. The molecule has 0 aliphatic carbocycles. The standard InChI is InChI=1S/C17H31N5OS/c1-14-15(2)24-16(21-14)6-8-20-17(18-3)19-7-4-5-9-22-10-12-23-13-11-22/h4-13H2,1-3H3,(H2,18,19,20). The number of rotatable bonds is 8. The molecule has 0 saturated carbocycles. The summed E-state index contributed by atoms with van der Waals surface area (Å²) >= 11 is 1.79. The average molecular weight is 354 g/mol. The first-order chi connectivity index (χ1) is 11.7. The second-order valence-corrected chi connectivity index (χ2v) is 7.37. The molecule has 0 radical (unpaired) electrons. The average Bonchev–Trinajstić information content (AvgIpc) is 2.92. The minimum Gasteiger partial charge on any atom is -0.379 e. The van der Waals surface area contributed by atoms with Gasteiger partial charge in [-0.2, -0.15) is 0 Å². The summed E-state index contributed by atoms with van der Waals surface area (Å²) in [6.45, 7) is 11.1. The van der Waals surface area contributed by atoms with E-state index in [2.05, 4.69) is 39.4 Å². The third kappa shape index (κ3) is 6.75. The lowest BCUT2D eigenvalue weighted by Crippen LogP contribution is -2.39. The van der Waals surface area contributed by atoms with Gasteiger partial charge in [-0.1, -0.05) is 0 Å². The Balaban J connectivity index is 1.53. The second-order valence-electron chi connectivity index (χ2n) is 6.09. The lowest BCUT2D eigenvalue weighted by molar-refractivity contribution is 0.0372. The molecule has 1 saturated heterocycles. The van der Waals surface area contributed by atoms with Crippen LogP contribution in [0, 0.1) is 13.8 Å². The molecule has 0 amide bonds. The van der Waals surface area contributed by atoms with Crippen molar-refractivity contribution in [1.29, 1.82) is 0 Å². The van der Waals surface area contributed by atoms with Crippen molar-refractivity contribution in [2.24, 2.45) is 4.99 Å². The van der Waals surface area contributed by atoms with Crippen molar-refractivity contribution in [3.8, 4) is 0 Å². The molecule has 0 unspecified atom stereocenters. The van der Waals surface area contributed by atoms with E-state index in [1.807, 2.05) is 7.05 Å². The first-order valence-electron chi connectivity index (χ1n) is 8.86. The molecule has 1 aromatic rings. The van der Waals surface area contributed by atoms with E-state index in [9.17, 15) is 0 Å². The number of ether oxygens (including phenoxy) is 1. The molecule has 0 bridgehead atoms. The zero-order valence-electron chi connectivity index (χ0n) is 15.2. The lowest BCUT2D eigenvalue weighted by atomic mass is 10.3. The Morgan fingerprint density at radius 3 is 2.62 bits per heavy atom. The molecule has 2 N–H and O–H groups in total. The number of guanidine groups is 1. The molecule has 2 heterocycles. The normalized spacial score (nSPS) is 16.4. The van der Waals surface area contributed by atoms with Gasteiger partial charge in [-0.3, -0.25) is 9.89 Å². The van der Waals surface area contributed by atoms with Gasteiger partial charge in [0, 0.05) is 44.5 Å². The highest BCUT2D eigenvalue weighted by molar-refractivity contribution is 7.11. The van der Waals surface area contributed by atoms with Crippen LogP contribution >= 0.6 is 11.3 Å². The molecule has 1 aromatic heterocycles. The van der Waals surface area contributed by atoms with E-state index in [0.717, 1.165) is 63.9 Å². The van der Waals surface area contributed by atoms with Gasteiger partial charge in [0.2, 0.25) is 0 Å². The zero-order chi connectivity index (χ0) is 17.2. The van der Waals surface area contributed by atoms with Crippen molar-refractivity contribution in [3.63, 3.8) is 0 Å². The van der Waals surface area contributed by atoms with Crippen LogP contribution in [0.4, 0.5) is 0 Å². The second kappa shape index (κ2) is 10.6. The van der Waals surface area contributed by atoms with Crippen molar-refractivity contribution in [2.45, 2.75) is 33.1 Å².